The monoisotopic (exact) mass is 342 g/mol. The number of ether oxygens (including phenoxy) is 1. The van der Waals surface area contributed by atoms with Gasteiger partial charge in [-0.2, -0.15) is 0 Å². The molecule has 1 N–H and O–H groups in total. The van der Waals surface area contributed by atoms with Crippen LogP contribution < -0.4 is 15.0 Å². The molecule has 0 spiro atoms. The van der Waals surface area contributed by atoms with Gasteiger partial charge >= 0.3 is 0 Å². The van der Waals surface area contributed by atoms with Crippen molar-refractivity contribution in [3.8, 4) is 5.75 Å². The SMILES string of the molecule is COc1ccc(NC(=O)C2(C)Sc3ccccc3N(C)C2=O)cc1. The van der Waals surface area contributed by atoms with Crippen LogP contribution in [0, 0.1) is 0 Å². The van der Waals surface area contributed by atoms with Crippen LogP contribution in [0.4, 0.5) is 11.4 Å². The van der Waals surface area contributed by atoms with E-state index in [1.54, 1.807) is 50.2 Å². The number of carbonyl (C=O) groups excluding carboxylic acids is 2. The molecule has 0 radical (unpaired) electrons. The lowest BCUT2D eigenvalue weighted by Gasteiger charge is -2.36. The van der Waals surface area contributed by atoms with Gasteiger partial charge in [-0.1, -0.05) is 23.9 Å². The summed E-state index contributed by atoms with van der Waals surface area (Å²) in [5.41, 5.74) is 1.44. The Morgan fingerprint density at radius 3 is 2.50 bits per heavy atom. The van der Waals surface area contributed by atoms with E-state index in [0.29, 0.717) is 11.4 Å². The van der Waals surface area contributed by atoms with Crippen LogP contribution in [0.1, 0.15) is 6.92 Å². The third kappa shape index (κ3) is 2.73. The molecule has 5 nitrogen and oxygen atoms in total. The summed E-state index contributed by atoms with van der Waals surface area (Å²) >= 11 is 1.28. The normalized spacial score (nSPS) is 19.6. The Balaban J connectivity index is 1.86. The second-order valence-electron chi connectivity index (χ2n) is 5.65. The van der Waals surface area contributed by atoms with Crippen LogP contribution in [0.15, 0.2) is 53.4 Å². The Morgan fingerprint density at radius 2 is 1.83 bits per heavy atom. The van der Waals surface area contributed by atoms with Crippen LogP contribution in [0.2, 0.25) is 0 Å². The third-order valence-corrected chi connectivity index (χ3v) is 5.37. The zero-order valence-corrected chi connectivity index (χ0v) is 14.5. The number of benzene rings is 2. The summed E-state index contributed by atoms with van der Waals surface area (Å²) < 4.78 is 3.88. The molecule has 2 aromatic carbocycles. The van der Waals surface area contributed by atoms with Crippen molar-refractivity contribution in [1.82, 2.24) is 0 Å². The first kappa shape index (κ1) is 16.4. The van der Waals surface area contributed by atoms with Crippen molar-refractivity contribution in [3.63, 3.8) is 0 Å². The van der Waals surface area contributed by atoms with Crippen molar-refractivity contribution in [1.29, 1.82) is 0 Å². The highest BCUT2D eigenvalue weighted by atomic mass is 32.2. The molecule has 0 bridgehead atoms. The van der Waals surface area contributed by atoms with Crippen LogP contribution >= 0.6 is 11.8 Å². The van der Waals surface area contributed by atoms with E-state index in [0.717, 1.165) is 10.6 Å². The summed E-state index contributed by atoms with van der Waals surface area (Å²) in [6, 6.07) is 14.6. The van der Waals surface area contributed by atoms with Gasteiger partial charge in [0, 0.05) is 17.6 Å². The Bertz CT molecular complexity index is 791. The number of fused-ring (bicyclic) bond motifs is 1. The lowest BCUT2D eigenvalue weighted by atomic mass is 10.1. The minimum atomic E-state index is -1.22. The molecule has 6 heteroatoms. The number of hydrogen-bond acceptors (Lipinski definition) is 4. The van der Waals surface area contributed by atoms with Crippen LogP contribution in [-0.4, -0.2) is 30.7 Å². The van der Waals surface area contributed by atoms with Gasteiger partial charge in [0.25, 0.3) is 5.91 Å². The van der Waals surface area contributed by atoms with Crippen LogP contribution in [0.3, 0.4) is 0 Å². The smallest absolute Gasteiger partial charge is 0.252 e. The van der Waals surface area contributed by atoms with E-state index in [2.05, 4.69) is 5.32 Å². The first-order valence-electron chi connectivity index (χ1n) is 7.47. The number of nitrogens with one attached hydrogen (secondary N) is 1. The van der Waals surface area contributed by atoms with Gasteiger partial charge in [-0.05, 0) is 43.3 Å². The fraction of sp³-hybridized carbons (Fsp3) is 0.222. The molecule has 2 amide bonds. The maximum atomic E-state index is 12.8. The Morgan fingerprint density at radius 1 is 1.17 bits per heavy atom. The van der Waals surface area contributed by atoms with Gasteiger partial charge in [0.05, 0.1) is 12.8 Å². The van der Waals surface area contributed by atoms with Crippen LogP contribution in [-0.2, 0) is 9.59 Å². The number of methoxy groups -OCH3 is 1. The van der Waals surface area contributed by atoms with Gasteiger partial charge in [-0.3, -0.25) is 9.59 Å². The number of hydrogen-bond donors (Lipinski definition) is 1. The van der Waals surface area contributed by atoms with Crippen molar-refractivity contribution >= 4 is 35.0 Å². The molecule has 0 saturated heterocycles. The first-order chi connectivity index (χ1) is 11.5. The van der Waals surface area contributed by atoms with E-state index < -0.39 is 4.75 Å². The predicted molar refractivity (Wildman–Crippen MR) is 95.7 cm³/mol. The van der Waals surface area contributed by atoms with E-state index in [4.69, 9.17) is 4.74 Å². The first-order valence-corrected chi connectivity index (χ1v) is 8.29. The van der Waals surface area contributed by atoms with E-state index in [9.17, 15) is 9.59 Å². The highest BCUT2D eigenvalue weighted by Crippen LogP contribution is 2.45. The topological polar surface area (TPSA) is 58.6 Å². The van der Waals surface area contributed by atoms with Gasteiger partial charge in [-0.15, -0.1) is 0 Å². The van der Waals surface area contributed by atoms with Crippen molar-refractivity contribution in [2.75, 3.05) is 24.4 Å². The van der Waals surface area contributed by atoms with E-state index in [-0.39, 0.29) is 11.8 Å². The zero-order valence-electron chi connectivity index (χ0n) is 13.7. The quantitative estimate of drug-likeness (QED) is 0.871. The minimum Gasteiger partial charge on any atom is -0.497 e. The van der Waals surface area contributed by atoms with E-state index >= 15 is 0 Å². The number of amides is 2. The lowest BCUT2D eigenvalue weighted by Crippen LogP contribution is -2.53. The average Bonchev–Trinajstić information content (AvgIpc) is 2.60. The minimum absolute atomic E-state index is 0.239. The second kappa shape index (κ2) is 6.20. The Kier molecular flexibility index (Phi) is 4.24. The molecule has 2 aromatic rings. The molecule has 0 fully saturated rings. The largest absolute Gasteiger partial charge is 0.497 e. The molecule has 0 saturated carbocycles. The van der Waals surface area contributed by atoms with Gasteiger partial charge in [0.1, 0.15) is 5.75 Å². The molecule has 1 aliphatic heterocycles. The molecule has 24 heavy (non-hydrogen) atoms. The van der Waals surface area contributed by atoms with Gasteiger partial charge < -0.3 is 15.0 Å². The number of anilines is 2. The van der Waals surface area contributed by atoms with Gasteiger partial charge in [0.15, 0.2) is 4.75 Å². The Labute approximate surface area is 145 Å². The number of carbonyl (C=O) groups is 2. The maximum absolute atomic E-state index is 12.8. The van der Waals surface area contributed by atoms with E-state index in [1.807, 2.05) is 24.3 Å². The fourth-order valence-electron chi connectivity index (χ4n) is 2.58. The molecule has 0 aromatic heterocycles. The zero-order chi connectivity index (χ0) is 17.3. The van der Waals surface area contributed by atoms with Crippen molar-refractivity contribution < 1.29 is 14.3 Å². The number of para-hydroxylation sites is 1. The maximum Gasteiger partial charge on any atom is 0.252 e. The highest BCUT2D eigenvalue weighted by molar-refractivity contribution is 8.02. The lowest BCUT2D eigenvalue weighted by molar-refractivity contribution is -0.128. The molecular weight excluding hydrogens is 324 g/mol. The summed E-state index contributed by atoms with van der Waals surface area (Å²) in [6.07, 6.45) is 0. The Hall–Kier alpha value is -2.47. The number of rotatable bonds is 3. The number of nitrogens with zero attached hydrogens (tertiary/aromatic N) is 1. The molecule has 1 aliphatic rings. The second-order valence-corrected chi connectivity index (χ2v) is 7.11. The summed E-state index contributed by atoms with van der Waals surface area (Å²) in [6.45, 7) is 1.66. The molecule has 1 heterocycles. The highest BCUT2D eigenvalue weighted by Gasteiger charge is 2.48. The average molecular weight is 342 g/mol. The molecule has 0 aliphatic carbocycles. The predicted octanol–water partition coefficient (Wildman–Crippen LogP) is 3.16. The fourth-order valence-corrected chi connectivity index (χ4v) is 3.85. The molecule has 1 unspecified atom stereocenters. The summed E-state index contributed by atoms with van der Waals surface area (Å²) in [4.78, 5) is 28.0. The van der Waals surface area contributed by atoms with Crippen LogP contribution in [0.5, 0.6) is 5.75 Å². The summed E-state index contributed by atoms with van der Waals surface area (Å²) in [5, 5.41) is 2.82. The van der Waals surface area contributed by atoms with Crippen molar-refractivity contribution in [2.24, 2.45) is 0 Å². The molecule has 3 rings (SSSR count). The summed E-state index contributed by atoms with van der Waals surface area (Å²) in [5.74, 6) is 0.122. The third-order valence-electron chi connectivity index (χ3n) is 4.03. The van der Waals surface area contributed by atoms with Gasteiger partial charge in [0.2, 0.25) is 5.91 Å². The van der Waals surface area contributed by atoms with Crippen molar-refractivity contribution in [3.05, 3.63) is 48.5 Å². The number of thioether (sulfide) groups is 1. The molecule has 124 valence electrons. The van der Waals surface area contributed by atoms with Gasteiger partial charge in [-0.25, -0.2) is 0 Å². The van der Waals surface area contributed by atoms with E-state index in [1.165, 1.54) is 11.8 Å². The molecule has 1 atom stereocenters. The standard InChI is InChI=1S/C18H18N2O3S/c1-18(16(21)19-12-8-10-13(23-3)11-9-12)17(22)20(2)14-6-4-5-7-15(14)24-18/h4-11H,1-3H3,(H,19,21). The summed E-state index contributed by atoms with van der Waals surface area (Å²) in [7, 11) is 3.28. The van der Waals surface area contributed by atoms with Crippen molar-refractivity contribution in [2.45, 2.75) is 16.6 Å². The van der Waals surface area contributed by atoms with Crippen LogP contribution in [0.25, 0.3) is 0 Å². The molecular formula is C18H18N2O3S.